The summed E-state index contributed by atoms with van der Waals surface area (Å²) in [6, 6.07) is 2.32. The highest BCUT2D eigenvalue weighted by molar-refractivity contribution is 5.74. The van der Waals surface area contributed by atoms with Crippen molar-refractivity contribution in [1.82, 2.24) is 19.8 Å². The van der Waals surface area contributed by atoms with E-state index in [4.69, 9.17) is 9.97 Å². The Morgan fingerprint density at radius 3 is 2.36 bits per heavy atom. The molecule has 0 spiro atoms. The quantitative estimate of drug-likeness (QED) is 0.886. The van der Waals surface area contributed by atoms with E-state index in [1.54, 1.807) is 6.92 Å². The fraction of sp³-hybridized carbons (Fsp3) is 0.722. The summed E-state index contributed by atoms with van der Waals surface area (Å²) in [5.41, 5.74) is 1.01. The van der Waals surface area contributed by atoms with Crippen LogP contribution < -0.4 is 10.2 Å². The molecule has 7 nitrogen and oxygen atoms in total. The molecule has 2 saturated heterocycles. The largest absolute Gasteiger partial charge is 0.364 e. The third-order valence-electron chi connectivity index (χ3n) is 4.95. The summed E-state index contributed by atoms with van der Waals surface area (Å²) in [6.07, 6.45) is 0. The predicted molar refractivity (Wildman–Crippen MR) is 100 cm³/mol. The Bertz CT molecular complexity index is 627. The van der Waals surface area contributed by atoms with Gasteiger partial charge in [0, 0.05) is 57.7 Å². The van der Waals surface area contributed by atoms with E-state index in [1.165, 1.54) is 0 Å². The molecule has 1 aromatic rings. The Hall–Kier alpha value is -1.89. The first-order valence-corrected chi connectivity index (χ1v) is 9.07. The normalized spacial score (nSPS) is 19.7. The average molecular weight is 346 g/mol. The highest BCUT2D eigenvalue weighted by Gasteiger charge is 2.29. The average Bonchev–Trinajstić information content (AvgIpc) is 2.49. The van der Waals surface area contributed by atoms with Crippen LogP contribution in [0.2, 0.25) is 0 Å². The third kappa shape index (κ3) is 4.21. The first kappa shape index (κ1) is 17.9. The SMILES string of the molecule is CC(=O)N1CC(Nc2cc(C(C)(C)C)nc(N3CCN(C)CC3)n2)C1. The van der Waals surface area contributed by atoms with E-state index in [9.17, 15) is 4.79 Å². The van der Waals surface area contributed by atoms with Crippen LogP contribution in [0.3, 0.4) is 0 Å². The summed E-state index contributed by atoms with van der Waals surface area (Å²) in [5, 5.41) is 3.48. The second-order valence-corrected chi connectivity index (χ2v) is 8.24. The van der Waals surface area contributed by atoms with Gasteiger partial charge < -0.3 is 20.0 Å². The van der Waals surface area contributed by atoms with Crippen molar-refractivity contribution in [3.8, 4) is 0 Å². The number of nitrogens with zero attached hydrogens (tertiary/aromatic N) is 5. The van der Waals surface area contributed by atoms with Crippen LogP contribution in [0.25, 0.3) is 0 Å². The predicted octanol–water partition coefficient (Wildman–Crippen LogP) is 1.17. The van der Waals surface area contributed by atoms with Gasteiger partial charge in [-0.2, -0.15) is 4.98 Å². The zero-order valence-corrected chi connectivity index (χ0v) is 16.0. The highest BCUT2D eigenvalue weighted by Crippen LogP contribution is 2.26. The molecule has 1 N–H and O–H groups in total. The molecule has 7 heteroatoms. The zero-order valence-electron chi connectivity index (χ0n) is 16.0. The molecule has 0 radical (unpaired) electrons. The molecule has 3 heterocycles. The van der Waals surface area contributed by atoms with Gasteiger partial charge in [-0.1, -0.05) is 20.8 Å². The molecule has 1 aromatic heterocycles. The lowest BCUT2D eigenvalue weighted by Gasteiger charge is -2.39. The molecule has 1 amide bonds. The Balaban J connectivity index is 1.77. The van der Waals surface area contributed by atoms with Crippen molar-refractivity contribution >= 4 is 17.7 Å². The van der Waals surface area contributed by atoms with Gasteiger partial charge in [-0.3, -0.25) is 4.79 Å². The summed E-state index contributed by atoms with van der Waals surface area (Å²) in [6.45, 7) is 13.6. The molecule has 2 aliphatic heterocycles. The van der Waals surface area contributed by atoms with Gasteiger partial charge in [0.15, 0.2) is 0 Å². The van der Waals surface area contributed by atoms with E-state index in [0.29, 0.717) is 0 Å². The van der Waals surface area contributed by atoms with Crippen molar-refractivity contribution in [3.63, 3.8) is 0 Å². The Morgan fingerprint density at radius 2 is 1.80 bits per heavy atom. The maximum absolute atomic E-state index is 11.4. The number of rotatable bonds is 3. The summed E-state index contributed by atoms with van der Waals surface area (Å²) in [4.78, 5) is 27.4. The van der Waals surface area contributed by atoms with Gasteiger partial charge in [0.2, 0.25) is 11.9 Å². The molecule has 3 rings (SSSR count). The zero-order chi connectivity index (χ0) is 18.2. The lowest BCUT2D eigenvalue weighted by Crippen LogP contribution is -2.56. The van der Waals surface area contributed by atoms with Crippen LogP contribution in [0.4, 0.5) is 11.8 Å². The van der Waals surface area contributed by atoms with Crippen LogP contribution in [0.5, 0.6) is 0 Å². The summed E-state index contributed by atoms with van der Waals surface area (Å²) in [7, 11) is 2.15. The van der Waals surface area contributed by atoms with Crippen LogP contribution >= 0.6 is 0 Å². The number of aromatic nitrogens is 2. The fourth-order valence-corrected chi connectivity index (χ4v) is 3.08. The second kappa shape index (κ2) is 6.78. The fourth-order valence-electron chi connectivity index (χ4n) is 3.08. The molecule has 0 aliphatic carbocycles. The molecule has 2 fully saturated rings. The molecule has 0 aromatic carbocycles. The number of hydrogen-bond donors (Lipinski definition) is 1. The number of anilines is 2. The van der Waals surface area contributed by atoms with Crippen molar-refractivity contribution in [1.29, 1.82) is 0 Å². The Labute approximate surface area is 150 Å². The summed E-state index contributed by atoms with van der Waals surface area (Å²) >= 11 is 0. The number of amides is 1. The Kier molecular flexibility index (Phi) is 4.86. The van der Waals surface area contributed by atoms with Crippen molar-refractivity contribution in [2.24, 2.45) is 0 Å². The summed E-state index contributed by atoms with van der Waals surface area (Å²) < 4.78 is 0. The van der Waals surface area contributed by atoms with Crippen molar-refractivity contribution in [3.05, 3.63) is 11.8 Å². The number of carbonyl (C=O) groups excluding carboxylic acids is 1. The minimum Gasteiger partial charge on any atom is -0.364 e. The molecule has 0 unspecified atom stereocenters. The number of hydrogen-bond acceptors (Lipinski definition) is 6. The standard InChI is InChI=1S/C18H30N6O/c1-13(25)24-11-14(12-24)19-16-10-15(18(2,3)4)20-17(21-16)23-8-6-22(5)7-9-23/h10,14H,6-9,11-12H2,1-5H3,(H,19,20,21). The summed E-state index contributed by atoms with van der Waals surface area (Å²) in [5.74, 6) is 1.81. The van der Waals surface area contributed by atoms with Crippen molar-refractivity contribution in [2.45, 2.75) is 39.2 Å². The minimum absolute atomic E-state index is 0.0360. The minimum atomic E-state index is -0.0360. The molecule has 0 atom stereocenters. The number of carbonyl (C=O) groups is 1. The first-order chi connectivity index (χ1) is 11.7. The third-order valence-corrected chi connectivity index (χ3v) is 4.95. The van der Waals surface area contributed by atoms with E-state index >= 15 is 0 Å². The maximum atomic E-state index is 11.4. The smallest absolute Gasteiger partial charge is 0.227 e. The second-order valence-electron chi connectivity index (χ2n) is 8.24. The monoisotopic (exact) mass is 346 g/mol. The number of likely N-dealkylation sites (N-methyl/N-ethyl adjacent to an activating group) is 1. The van der Waals surface area contributed by atoms with E-state index in [-0.39, 0.29) is 17.4 Å². The highest BCUT2D eigenvalue weighted by atomic mass is 16.2. The van der Waals surface area contributed by atoms with Gasteiger partial charge >= 0.3 is 0 Å². The van der Waals surface area contributed by atoms with Crippen LogP contribution in [-0.2, 0) is 10.2 Å². The van der Waals surface area contributed by atoms with Gasteiger partial charge in [0.05, 0.1) is 11.7 Å². The van der Waals surface area contributed by atoms with Gasteiger partial charge in [-0.05, 0) is 7.05 Å². The van der Waals surface area contributed by atoms with Crippen molar-refractivity contribution in [2.75, 3.05) is 56.5 Å². The van der Waals surface area contributed by atoms with Gasteiger partial charge in [0.25, 0.3) is 0 Å². The van der Waals surface area contributed by atoms with Crippen LogP contribution in [-0.4, -0.2) is 78.0 Å². The topological polar surface area (TPSA) is 64.6 Å². The Morgan fingerprint density at radius 1 is 1.16 bits per heavy atom. The molecule has 2 aliphatic rings. The van der Waals surface area contributed by atoms with Gasteiger partial charge in [0.1, 0.15) is 5.82 Å². The molecular weight excluding hydrogens is 316 g/mol. The lowest BCUT2D eigenvalue weighted by molar-refractivity contribution is -0.132. The van der Waals surface area contributed by atoms with E-state index in [2.05, 4.69) is 49.0 Å². The van der Waals surface area contributed by atoms with E-state index in [0.717, 1.165) is 56.7 Å². The van der Waals surface area contributed by atoms with Crippen LogP contribution in [0.15, 0.2) is 6.07 Å². The number of piperazine rings is 1. The van der Waals surface area contributed by atoms with Crippen LogP contribution in [0, 0.1) is 0 Å². The number of nitrogens with one attached hydrogen (secondary N) is 1. The molecule has 0 bridgehead atoms. The molecule has 25 heavy (non-hydrogen) atoms. The van der Waals surface area contributed by atoms with Crippen LogP contribution in [0.1, 0.15) is 33.4 Å². The number of likely N-dealkylation sites (tertiary alicyclic amines) is 1. The lowest BCUT2D eigenvalue weighted by atomic mass is 9.92. The maximum Gasteiger partial charge on any atom is 0.227 e. The van der Waals surface area contributed by atoms with E-state index < -0.39 is 0 Å². The molecule has 138 valence electrons. The van der Waals surface area contributed by atoms with E-state index in [1.807, 2.05) is 4.90 Å². The van der Waals surface area contributed by atoms with Crippen molar-refractivity contribution < 1.29 is 4.79 Å². The van der Waals surface area contributed by atoms with Gasteiger partial charge in [-0.25, -0.2) is 4.98 Å². The molecular formula is C18H30N6O. The molecule has 0 saturated carbocycles. The first-order valence-electron chi connectivity index (χ1n) is 9.07. The van der Waals surface area contributed by atoms with Gasteiger partial charge in [-0.15, -0.1) is 0 Å².